The van der Waals surface area contributed by atoms with Crippen LogP contribution in [0.15, 0.2) is 18.2 Å². The molecule has 0 aromatic heterocycles. The van der Waals surface area contributed by atoms with E-state index in [1.165, 1.54) is 38.5 Å². The number of rotatable bonds is 4. The molecule has 2 nitrogen and oxygen atoms in total. The van der Waals surface area contributed by atoms with Gasteiger partial charge in [0.1, 0.15) is 0 Å². The molecule has 1 saturated heterocycles. The molecule has 2 aliphatic rings. The number of hydrogen-bond donors (Lipinski definition) is 1. The normalized spacial score (nSPS) is 25.6. The Hall–Kier alpha value is -0.280. The summed E-state index contributed by atoms with van der Waals surface area (Å²) < 4.78 is 0. The minimum absolute atomic E-state index is 0.198. The SMILES string of the molecule is NCC(c1cccc(Cl)c1Cl)N1CCCC1C1CCCC1. The maximum absolute atomic E-state index is 6.44. The van der Waals surface area contributed by atoms with Crippen molar-refractivity contribution in [1.82, 2.24) is 4.90 Å². The summed E-state index contributed by atoms with van der Waals surface area (Å²) in [6.07, 6.45) is 8.11. The fourth-order valence-electron chi connectivity index (χ4n) is 4.27. The molecule has 1 aliphatic heterocycles. The van der Waals surface area contributed by atoms with Gasteiger partial charge < -0.3 is 5.73 Å². The molecule has 4 heteroatoms. The van der Waals surface area contributed by atoms with Gasteiger partial charge in [0.05, 0.1) is 10.0 Å². The maximum atomic E-state index is 6.44. The third-order valence-corrected chi connectivity index (χ3v) is 6.08. The zero-order valence-electron chi connectivity index (χ0n) is 12.4. The minimum atomic E-state index is 0.198. The number of benzene rings is 1. The number of nitrogens with zero attached hydrogens (tertiary/aromatic N) is 1. The van der Waals surface area contributed by atoms with Crippen LogP contribution < -0.4 is 5.73 Å². The Labute approximate surface area is 137 Å². The predicted molar refractivity (Wildman–Crippen MR) is 89.9 cm³/mol. The van der Waals surface area contributed by atoms with E-state index in [-0.39, 0.29) is 6.04 Å². The molecule has 0 spiro atoms. The second kappa shape index (κ2) is 6.87. The quantitative estimate of drug-likeness (QED) is 0.872. The molecule has 0 amide bonds. The molecule has 1 heterocycles. The lowest BCUT2D eigenvalue weighted by Crippen LogP contribution is -2.40. The van der Waals surface area contributed by atoms with Crippen LogP contribution in [0, 0.1) is 5.92 Å². The van der Waals surface area contributed by atoms with Crippen LogP contribution in [0.4, 0.5) is 0 Å². The van der Waals surface area contributed by atoms with E-state index < -0.39 is 0 Å². The van der Waals surface area contributed by atoms with E-state index in [1.807, 2.05) is 12.1 Å². The fraction of sp³-hybridized carbons (Fsp3) is 0.647. The molecule has 2 fully saturated rings. The Balaban J connectivity index is 1.86. The highest BCUT2D eigenvalue weighted by atomic mass is 35.5. The zero-order chi connectivity index (χ0) is 14.8. The summed E-state index contributed by atoms with van der Waals surface area (Å²) in [5, 5.41) is 1.30. The first-order valence-electron chi connectivity index (χ1n) is 8.12. The highest BCUT2D eigenvalue weighted by Gasteiger charge is 2.37. The lowest BCUT2D eigenvalue weighted by atomic mass is 9.94. The van der Waals surface area contributed by atoms with Gasteiger partial charge >= 0.3 is 0 Å². The standard InChI is InChI=1S/C17H24Cl2N2/c18-14-8-3-7-13(17(14)19)16(11-20)21-10-4-9-15(21)12-5-1-2-6-12/h3,7-8,12,15-16H,1-2,4-6,9-11,20H2. The molecule has 1 aromatic rings. The van der Waals surface area contributed by atoms with Crippen LogP contribution >= 0.6 is 23.2 Å². The zero-order valence-corrected chi connectivity index (χ0v) is 13.9. The highest BCUT2D eigenvalue weighted by Crippen LogP contribution is 2.41. The van der Waals surface area contributed by atoms with Crippen LogP contribution in [-0.4, -0.2) is 24.0 Å². The highest BCUT2D eigenvalue weighted by molar-refractivity contribution is 6.42. The van der Waals surface area contributed by atoms with Crippen molar-refractivity contribution in [3.63, 3.8) is 0 Å². The van der Waals surface area contributed by atoms with Gasteiger partial charge in [0, 0.05) is 18.6 Å². The maximum Gasteiger partial charge on any atom is 0.0640 e. The first-order chi connectivity index (χ1) is 10.2. The first-order valence-corrected chi connectivity index (χ1v) is 8.87. The summed E-state index contributed by atoms with van der Waals surface area (Å²) in [6.45, 7) is 1.73. The van der Waals surface area contributed by atoms with E-state index in [9.17, 15) is 0 Å². The van der Waals surface area contributed by atoms with E-state index in [4.69, 9.17) is 28.9 Å². The van der Waals surface area contributed by atoms with Gasteiger partial charge in [-0.15, -0.1) is 0 Å². The van der Waals surface area contributed by atoms with Crippen molar-refractivity contribution in [2.24, 2.45) is 11.7 Å². The average Bonchev–Trinajstić information content (AvgIpc) is 3.14. The summed E-state index contributed by atoms with van der Waals surface area (Å²) in [4.78, 5) is 2.60. The molecule has 2 atom stereocenters. The predicted octanol–water partition coefficient (Wildman–Crippen LogP) is 4.65. The van der Waals surface area contributed by atoms with Crippen LogP contribution in [-0.2, 0) is 0 Å². The largest absolute Gasteiger partial charge is 0.329 e. The summed E-state index contributed by atoms with van der Waals surface area (Å²) in [6, 6.07) is 6.78. The van der Waals surface area contributed by atoms with Gasteiger partial charge in [-0.1, -0.05) is 48.2 Å². The first kappa shape index (κ1) is 15.6. The summed E-state index contributed by atoms with van der Waals surface area (Å²) >= 11 is 12.6. The van der Waals surface area contributed by atoms with E-state index >= 15 is 0 Å². The molecule has 3 rings (SSSR count). The van der Waals surface area contributed by atoms with Crippen molar-refractivity contribution in [2.45, 2.75) is 50.6 Å². The molecule has 2 unspecified atom stereocenters. The van der Waals surface area contributed by atoms with Gasteiger partial charge in [-0.05, 0) is 49.8 Å². The third-order valence-electron chi connectivity index (χ3n) is 5.25. The van der Waals surface area contributed by atoms with Gasteiger partial charge in [0.25, 0.3) is 0 Å². The molecular formula is C17H24Cl2N2. The topological polar surface area (TPSA) is 29.3 Å². The van der Waals surface area contributed by atoms with E-state index in [0.29, 0.717) is 22.6 Å². The molecule has 1 aliphatic carbocycles. The van der Waals surface area contributed by atoms with Crippen molar-refractivity contribution in [3.8, 4) is 0 Å². The second-order valence-electron chi connectivity index (χ2n) is 6.39. The Morgan fingerprint density at radius 1 is 1.14 bits per heavy atom. The van der Waals surface area contributed by atoms with Crippen molar-refractivity contribution in [3.05, 3.63) is 33.8 Å². The Bertz CT molecular complexity index is 486. The van der Waals surface area contributed by atoms with E-state index in [0.717, 1.165) is 18.0 Å². The minimum Gasteiger partial charge on any atom is -0.329 e. The van der Waals surface area contributed by atoms with E-state index in [2.05, 4.69) is 11.0 Å². The molecule has 116 valence electrons. The summed E-state index contributed by atoms with van der Waals surface area (Å²) in [5.41, 5.74) is 7.22. The summed E-state index contributed by atoms with van der Waals surface area (Å²) in [7, 11) is 0. The molecular weight excluding hydrogens is 303 g/mol. The van der Waals surface area contributed by atoms with Gasteiger partial charge in [0.15, 0.2) is 0 Å². The van der Waals surface area contributed by atoms with Crippen molar-refractivity contribution in [1.29, 1.82) is 0 Å². The molecule has 0 bridgehead atoms. The molecule has 21 heavy (non-hydrogen) atoms. The molecule has 2 N–H and O–H groups in total. The number of nitrogens with two attached hydrogens (primary N) is 1. The fourth-order valence-corrected chi connectivity index (χ4v) is 4.70. The van der Waals surface area contributed by atoms with E-state index in [1.54, 1.807) is 0 Å². The van der Waals surface area contributed by atoms with Gasteiger partial charge in [-0.25, -0.2) is 0 Å². The molecule has 1 saturated carbocycles. The van der Waals surface area contributed by atoms with Gasteiger partial charge in [-0.3, -0.25) is 4.90 Å². The van der Waals surface area contributed by atoms with Crippen LogP contribution in [0.3, 0.4) is 0 Å². The summed E-state index contributed by atoms with van der Waals surface area (Å²) in [5.74, 6) is 0.847. The lowest BCUT2D eigenvalue weighted by Gasteiger charge is -2.36. The second-order valence-corrected chi connectivity index (χ2v) is 7.17. The number of likely N-dealkylation sites (tertiary alicyclic amines) is 1. The average molecular weight is 327 g/mol. The number of halogens is 2. The van der Waals surface area contributed by atoms with Gasteiger partial charge in [0.2, 0.25) is 0 Å². The molecule has 1 aromatic carbocycles. The van der Waals surface area contributed by atoms with Crippen LogP contribution in [0.1, 0.15) is 50.1 Å². The van der Waals surface area contributed by atoms with Gasteiger partial charge in [-0.2, -0.15) is 0 Å². The van der Waals surface area contributed by atoms with Crippen molar-refractivity contribution >= 4 is 23.2 Å². The van der Waals surface area contributed by atoms with Crippen molar-refractivity contribution < 1.29 is 0 Å². The van der Waals surface area contributed by atoms with Crippen LogP contribution in [0.25, 0.3) is 0 Å². The third kappa shape index (κ3) is 3.10. The smallest absolute Gasteiger partial charge is 0.0640 e. The Morgan fingerprint density at radius 2 is 1.90 bits per heavy atom. The van der Waals surface area contributed by atoms with Crippen molar-refractivity contribution in [2.75, 3.05) is 13.1 Å². The lowest BCUT2D eigenvalue weighted by molar-refractivity contribution is 0.138. The Morgan fingerprint density at radius 3 is 2.62 bits per heavy atom. The van der Waals surface area contributed by atoms with Crippen LogP contribution in [0.5, 0.6) is 0 Å². The monoisotopic (exact) mass is 326 g/mol. The molecule has 0 radical (unpaired) electrons. The van der Waals surface area contributed by atoms with Crippen LogP contribution in [0.2, 0.25) is 10.0 Å². The number of hydrogen-bond acceptors (Lipinski definition) is 2. The Kier molecular flexibility index (Phi) is 5.11.